The van der Waals surface area contributed by atoms with Gasteiger partial charge in [-0.15, -0.1) is 0 Å². The Morgan fingerprint density at radius 1 is 1.07 bits per heavy atom. The molecular formula is C34H47N7O5. The fraction of sp³-hybridized carbons (Fsp3) is 0.500. The number of carbonyl (C=O) groups excluding carboxylic acids is 3. The first-order valence-corrected chi connectivity index (χ1v) is 15.7. The Kier molecular flexibility index (Phi) is 11.0. The van der Waals surface area contributed by atoms with Crippen LogP contribution in [0.3, 0.4) is 0 Å². The Morgan fingerprint density at radius 3 is 2.43 bits per heavy atom. The maximum atomic E-state index is 13.4. The van der Waals surface area contributed by atoms with Crippen molar-refractivity contribution in [1.29, 1.82) is 0 Å². The van der Waals surface area contributed by atoms with Gasteiger partial charge in [0.2, 0.25) is 17.6 Å². The number of nitrogens with one attached hydrogen (secondary N) is 1. The summed E-state index contributed by atoms with van der Waals surface area (Å²) in [6.07, 6.45) is 0.432. The molecule has 0 radical (unpaired) electrons. The van der Waals surface area contributed by atoms with Crippen molar-refractivity contribution in [1.82, 2.24) is 30.4 Å². The van der Waals surface area contributed by atoms with Crippen LogP contribution in [-0.2, 0) is 27.3 Å². The SMILES string of the molecule is Cc1nc(-c2ccc(C)c(N(CCN(C(=O)OC(C)(C)C)C(C)C)CC(=O)NCC(=O)N(C)N3CCc4ccccc4C3)c2)no1. The molecule has 1 aliphatic heterocycles. The van der Waals surface area contributed by atoms with Crippen LogP contribution in [0.25, 0.3) is 11.4 Å². The Bertz CT molecular complexity index is 1530. The Labute approximate surface area is 271 Å². The summed E-state index contributed by atoms with van der Waals surface area (Å²) in [5.74, 6) is 0.358. The van der Waals surface area contributed by atoms with Gasteiger partial charge in [0.25, 0.3) is 5.91 Å². The van der Waals surface area contributed by atoms with E-state index in [1.54, 1.807) is 23.9 Å². The highest BCUT2D eigenvalue weighted by Crippen LogP contribution is 2.27. The highest BCUT2D eigenvalue weighted by Gasteiger charge is 2.27. The highest BCUT2D eigenvalue weighted by molar-refractivity contribution is 5.87. The molecule has 4 rings (SSSR count). The third kappa shape index (κ3) is 9.06. The summed E-state index contributed by atoms with van der Waals surface area (Å²) < 4.78 is 10.8. The van der Waals surface area contributed by atoms with Crippen molar-refractivity contribution in [3.05, 3.63) is 65.0 Å². The second kappa shape index (κ2) is 14.8. The number of amides is 3. The van der Waals surface area contributed by atoms with Crippen molar-refractivity contribution >= 4 is 23.6 Å². The molecule has 3 aromatic rings. The van der Waals surface area contributed by atoms with Crippen molar-refractivity contribution in [3.8, 4) is 11.4 Å². The van der Waals surface area contributed by atoms with E-state index in [9.17, 15) is 14.4 Å². The molecule has 0 saturated carbocycles. The molecule has 0 bridgehead atoms. The van der Waals surface area contributed by atoms with Crippen LogP contribution in [0, 0.1) is 13.8 Å². The average molecular weight is 634 g/mol. The molecule has 0 unspecified atom stereocenters. The third-order valence-electron chi connectivity index (χ3n) is 7.86. The topological polar surface area (TPSA) is 124 Å². The van der Waals surface area contributed by atoms with Crippen LogP contribution in [0.15, 0.2) is 47.0 Å². The number of benzene rings is 2. The van der Waals surface area contributed by atoms with E-state index in [1.807, 2.05) is 81.8 Å². The quantitative estimate of drug-likeness (QED) is 0.328. The van der Waals surface area contributed by atoms with Crippen LogP contribution in [0.4, 0.5) is 10.5 Å². The smallest absolute Gasteiger partial charge is 0.410 e. The summed E-state index contributed by atoms with van der Waals surface area (Å²) in [5.41, 5.74) is 4.28. The number of carbonyl (C=O) groups is 3. The zero-order chi connectivity index (χ0) is 33.6. The number of aromatic nitrogens is 2. The Balaban J connectivity index is 1.48. The third-order valence-corrected chi connectivity index (χ3v) is 7.86. The number of anilines is 1. The van der Waals surface area contributed by atoms with E-state index < -0.39 is 11.7 Å². The normalized spacial score (nSPS) is 13.2. The number of hydrogen-bond acceptors (Lipinski definition) is 9. The minimum atomic E-state index is -0.644. The fourth-order valence-corrected chi connectivity index (χ4v) is 5.31. The molecule has 0 atom stereocenters. The van der Waals surface area contributed by atoms with Crippen LogP contribution in [0.5, 0.6) is 0 Å². The molecule has 1 aliphatic rings. The summed E-state index contributed by atoms with van der Waals surface area (Å²) in [4.78, 5) is 47.5. The predicted octanol–water partition coefficient (Wildman–Crippen LogP) is 4.35. The molecule has 0 spiro atoms. The van der Waals surface area contributed by atoms with Crippen molar-refractivity contribution in [3.63, 3.8) is 0 Å². The number of fused-ring (bicyclic) bond motifs is 1. The molecule has 46 heavy (non-hydrogen) atoms. The average Bonchev–Trinajstić information content (AvgIpc) is 3.44. The standard InChI is InChI=1S/C34H47N7O5/c1-23(2)41(33(44)45-34(5,6)7)18-17-39(29-19-27(14-13-24(29)3)32-36-25(4)46-37-32)22-30(42)35-20-31(43)38(8)40-16-15-26-11-9-10-12-28(26)21-40/h9-14,19,23H,15-18,20-22H2,1-8H3,(H,35,42). The van der Waals surface area contributed by atoms with E-state index in [0.717, 1.165) is 29.8 Å². The molecule has 12 nitrogen and oxygen atoms in total. The van der Waals surface area contributed by atoms with E-state index >= 15 is 0 Å². The number of likely N-dealkylation sites (N-methyl/N-ethyl adjacent to an activating group) is 1. The largest absolute Gasteiger partial charge is 0.444 e. The van der Waals surface area contributed by atoms with Crippen LogP contribution >= 0.6 is 0 Å². The molecule has 1 aromatic heterocycles. The number of aryl methyl sites for hydroxylation is 2. The first-order chi connectivity index (χ1) is 21.7. The van der Waals surface area contributed by atoms with Gasteiger partial charge in [0.15, 0.2) is 0 Å². The highest BCUT2D eigenvalue weighted by atomic mass is 16.6. The Morgan fingerprint density at radius 2 is 1.78 bits per heavy atom. The number of nitrogens with zero attached hydrogens (tertiary/aromatic N) is 6. The van der Waals surface area contributed by atoms with Gasteiger partial charge in [0.1, 0.15) is 5.60 Å². The van der Waals surface area contributed by atoms with E-state index in [2.05, 4.69) is 27.6 Å². The lowest BCUT2D eigenvalue weighted by atomic mass is 10.0. The first kappa shape index (κ1) is 34.4. The van der Waals surface area contributed by atoms with Crippen LogP contribution < -0.4 is 10.2 Å². The van der Waals surface area contributed by atoms with E-state index in [-0.39, 0.29) is 30.9 Å². The van der Waals surface area contributed by atoms with Crippen molar-refractivity contribution in [2.24, 2.45) is 0 Å². The van der Waals surface area contributed by atoms with Crippen LogP contribution in [-0.4, -0.2) is 94.4 Å². The molecule has 3 amide bonds. The van der Waals surface area contributed by atoms with Crippen molar-refractivity contribution in [2.75, 3.05) is 44.7 Å². The van der Waals surface area contributed by atoms with Crippen molar-refractivity contribution < 1.29 is 23.6 Å². The summed E-state index contributed by atoms with van der Waals surface area (Å²) in [5, 5.41) is 10.4. The van der Waals surface area contributed by atoms with E-state index in [1.165, 1.54) is 11.1 Å². The molecule has 1 N–H and O–H groups in total. The molecule has 2 aromatic carbocycles. The molecule has 0 saturated heterocycles. The minimum absolute atomic E-state index is 0.0378. The van der Waals surface area contributed by atoms with Gasteiger partial charge in [-0.25, -0.2) is 9.80 Å². The second-order valence-corrected chi connectivity index (χ2v) is 12.9. The number of hydrazine groups is 1. The minimum Gasteiger partial charge on any atom is -0.444 e. The van der Waals surface area contributed by atoms with Gasteiger partial charge in [0, 0.05) is 57.4 Å². The number of hydrogen-bond donors (Lipinski definition) is 1. The molecule has 2 heterocycles. The maximum Gasteiger partial charge on any atom is 0.410 e. The van der Waals surface area contributed by atoms with Crippen LogP contribution in [0.2, 0.25) is 0 Å². The molecule has 12 heteroatoms. The van der Waals surface area contributed by atoms with E-state index in [0.29, 0.717) is 31.3 Å². The predicted molar refractivity (Wildman–Crippen MR) is 176 cm³/mol. The van der Waals surface area contributed by atoms with Crippen LogP contribution in [0.1, 0.15) is 57.2 Å². The maximum absolute atomic E-state index is 13.4. The molecule has 0 aliphatic carbocycles. The molecular weight excluding hydrogens is 586 g/mol. The van der Waals surface area contributed by atoms with E-state index in [4.69, 9.17) is 9.26 Å². The number of rotatable bonds is 11. The lowest BCUT2D eigenvalue weighted by molar-refractivity contribution is -0.147. The number of ether oxygens (including phenoxy) is 1. The lowest BCUT2D eigenvalue weighted by Crippen LogP contribution is -2.51. The summed E-state index contributed by atoms with van der Waals surface area (Å²) in [6, 6.07) is 13.9. The molecule has 248 valence electrons. The summed E-state index contributed by atoms with van der Waals surface area (Å²) in [6.45, 7) is 14.8. The van der Waals surface area contributed by atoms with Gasteiger partial charge < -0.3 is 24.4 Å². The second-order valence-electron chi connectivity index (χ2n) is 12.9. The van der Waals surface area contributed by atoms with Gasteiger partial charge in [-0.2, -0.15) is 4.98 Å². The monoisotopic (exact) mass is 633 g/mol. The van der Waals surface area contributed by atoms with Gasteiger partial charge in [-0.3, -0.25) is 14.6 Å². The van der Waals surface area contributed by atoms with Crippen molar-refractivity contribution in [2.45, 2.75) is 73.1 Å². The lowest BCUT2D eigenvalue weighted by Gasteiger charge is -2.36. The zero-order valence-corrected chi connectivity index (χ0v) is 28.3. The Hall–Kier alpha value is -4.45. The van der Waals surface area contributed by atoms with Gasteiger partial charge >= 0.3 is 6.09 Å². The van der Waals surface area contributed by atoms with Gasteiger partial charge in [0.05, 0.1) is 13.1 Å². The van der Waals surface area contributed by atoms with Gasteiger partial charge in [-0.1, -0.05) is 41.6 Å². The zero-order valence-electron chi connectivity index (χ0n) is 28.3. The van der Waals surface area contributed by atoms with Gasteiger partial charge in [-0.05, 0) is 70.7 Å². The molecule has 0 fully saturated rings. The first-order valence-electron chi connectivity index (χ1n) is 15.7. The summed E-state index contributed by atoms with van der Waals surface area (Å²) in [7, 11) is 1.74. The fourth-order valence-electron chi connectivity index (χ4n) is 5.31. The summed E-state index contributed by atoms with van der Waals surface area (Å²) >= 11 is 0.